The van der Waals surface area contributed by atoms with Gasteiger partial charge in [0, 0.05) is 17.0 Å². The van der Waals surface area contributed by atoms with E-state index in [2.05, 4.69) is 5.32 Å². The zero-order chi connectivity index (χ0) is 22.9. The van der Waals surface area contributed by atoms with Crippen LogP contribution in [0.1, 0.15) is 49.4 Å². The summed E-state index contributed by atoms with van der Waals surface area (Å²) in [6.45, 7) is 7.23. The third kappa shape index (κ3) is 4.13. The number of carbonyl (C=O) groups excluding carboxylic acids is 2. The number of anilines is 1. The van der Waals surface area contributed by atoms with Crippen LogP contribution < -0.4 is 10.7 Å². The molecule has 0 aliphatic carbocycles. The lowest BCUT2D eigenvalue weighted by molar-refractivity contribution is 0.0601. The van der Waals surface area contributed by atoms with Gasteiger partial charge in [-0.3, -0.25) is 9.59 Å². The summed E-state index contributed by atoms with van der Waals surface area (Å²) in [4.78, 5) is 38.4. The summed E-state index contributed by atoms with van der Waals surface area (Å²) in [5.74, 6) is -1.46. The number of esters is 1. The number of hydrogen-bond donors (Lipinski definition) is 1. The summed E-state index contributed by atoms with van der Waals surface area (Å²) in [6, 6.07) is 6.53. The molecule has 158 valence electrons. The monoisotopic (exact) mass is 436 g/mol. The van der Waals surface area contributed by atoms with Gasteiger partial charge in [0.2, 0.25) is 0 Å². The third-order valence-electron chi connectivity index (χ3n) is 4.97. The molecule has 8 heteroatoms. The van der Waals surface area contributed by atoms with Crippen LogP contribution in [-0.4, -0.2) is 19.0 Å². The first kappa shape index (κ1) is 22.0. The highest BCUT2D eigenvalue weighted by atomic mass is 32.1. The average Bonchev–Trinajstić information content (AvgIpc) is 3.04. The Balaban J connectivity index is 2.07. The van der Waals surface area contributed by atoms with Crippen molar-refractivity contribution in [3.05, 3.63) is 67.4 Å². The first-order chi connectivity index (χ1) is 14.7. The quantitative estimate of drug-likeness (QED) is 0.467. The van der Waals surface area contributed by atoms with Crippen molar-refractivity contribution in [2.45, 2.75) is 27.7 Å². The summed E-state index contributed by atoms with van der Waals surface area (Å²) < 4.78 is 10.5. The maximum absolute atomic E-state index is 12.9. The van der Waals surface area contributed by atoms with Crippen molar-refractivity contribution in [3.63, 3.8) is 0 Å². The highest BCUT2D eigenvalue weighted by molar-refractivity contribution is 7.18. The maximum Gasteiger partial charge on any atom is 0.341 e. The SMILES string of the molecule is COC(=O)c1c(NC(=O)c2cc(=O)c3cc(C)c(C)cc3o2)sc(/C(C)=C/C#N)c1C. The second kappa shape index (κ2) is 8.58. The van der Waals surface area contributed by atoms with Crippen LogP contribution in [-0.2, 0) is 4.74 Å². The summed E-state index contributed by atoms with van der Waals surface area (Å²) in [6.07, 6.45) is 1.36. The first-order valence-corrected chi connectivity index (χ1v) is 10.1. The minimum absolute atomic E-state index is 0.173. The number of thiophene rings is 1. The van der Waals surface area contributed by atoms with Crippen LogP contribution in [0.25, 0.3) is 16.5 Å². The van der Waals surface area contributed by atoms with Gasteiger partial charge < -0.3 is 14.5 Å². The van der Waals surface area contributed by atoms with E-state index in [9.17, 15) is 14.4 Å². The molecule has 0 saturated heterocycles. The van der Waals surface area contributed by atoms with Crippen LogP contribution >= 0.6 is 11.3 Å². The number of allylic oxidation sites excluding steroid dienone is 2. The normalized spacial score (nSPS) is 11.3. The Morgan fingerprint density at radius 3 is 2.52 bits per heavy atom. The van der Waals surface area contributed by atoms with E-state index in [1.807, 2.05) is 19.9 Å². The maximum atomic E-state index is 12.9. The Morgan fingerprint density at radius 1 is 1.19 bits per heavy atom. The molecule has 3 rings (SSSR count). The predicted octanol–water partition coefficient (Wildman–Crippen LogP) is 4.75. The number of ether oxygens (including phenoxy) is 1. The molecule has 0 fully saturated rings. The highest BCUT2D eigenvalue weighted by Crippen LogP contribution is 2.37. The van der Waals surface area contributed by atoms with E-state index in [0.29, 0.717) is 27.0 Å². The fourth-order valence-corrected chi connectivity index (χ4v) is 4.34. The van der Waals surface area contributed by atoms with Crippen molar-refractivity contribution in [2.75, 3.05) is 12.4 Å². The van der Waals surface area contributed by atoms with Gasteiger partial charge in [0.05, 0.1) is 24.1 Å². The molecule has 0 radical (unpaired) electrons. The van der Waals surface area contributed by atoms with Gasteiger partial charge in [0.1, 0.15) is 10.6 Å². The number of rotatable bonds is 4. The number of amides is 1. The fraction of sp³-hybridized carbons (Fsp3) is 0.217. The molecule has 1 aromatic carbocycles. The summed E-state index contributed by atoms with van der Waals surface area (Å²) in [5.41, 5.74) is 3.28. The number of benzene rings is 1. The molecule has 31 heavy (non-hydrogen) atoms. The number of carbonyl (C=O) groups is 2. The minimum atomic E-state index is -0.669. The van der Waals surface area contributed by atoms with Crippen molar-refractivity contribution in [1.29, 1.82) is 5.26 Å². The van der Waals surface area contributed by atoms with Crippen molar-refractivity contribution < 1.29 is 18.7 Å². The number of aryl methyl sites for hydroxylation is 2. The highest BCUT2D eigenvalue weighted by Gasteiger charge is 2.25. The standard InChI is InChI=1S/C23H20N2O5S/c1-11(6-7-24)20-14(4)19(23(28)29-5)22(31-20)25-21(27)18-10-16(26)15-8-12(2)13(3)9-17(15)30-18/h6,8-10H,1-5H3,(H,25,27)/b11-6+. The number of methoxy groups -OCH3 is 1. The molecule has 2 heterocycles. The third-order valence-corrected chi connectivity index (χ3v) is 6.31. The van der Waals surface area contributed by atoms with Crippen molar-refractivity contribution >= 4 is 44.8 Å². The lowest BCUT2D eigenvalue weighted by Gasteiger charge is -2.07. The first-order valence-electron chi connectivity index (χ1n) is 9.32. The van der Waals surface area contributed by atoms with Gasteiger partial charge in [-0.2, -0.15) is 5.26 Å². The van der Waals surface area contributed by atoms with Gasteiger partial charge >= 0.3 is 5.97 Å². The number of nitriles is 1. The Morgan fingerprint density at radius 2 is 1.87 bits per heavy atom. The van der Waals surface area contributed by atoms with Crippen LogP contribution in [0.3, 0.4) is 0 Å². The molecule has 7 nitrogen and oxygen atoms in total. The van der Waals surface area contributed by atoms with Crippen molar-refractivity contribution in [2.24, 2.45) is 0 Å². The molecule has 0 spiro atoms. The van der Waals surface area contributed by atoms with E-state index in [-0.39, 0.29) is 21.8 Å². The Labute approximate surface area is 182 Å². The van der Waals surface area contributed by atoms with Crippen LogP contribution in [0.2, 0.25) is 0 Å². The van der Waals surface area contributed by atoms with Gasteiger partial charge in [-0.1, -0.05) is 0 Å². The molecule has 0 unspecified atom stereocenters. The average molecular weight is 436 g/mol. The van der Waals surface area contributed by atoms with Crippen LogP contribution in [0.15, 0.2) is 33.5 Å². The predicted molar refractivity (Wildman–Crippen MR) is 120 cm³/mol. The minimum Gasteiger partial charge on any atom is -0.465 e. The van der Waals surface area contributed by atoms with Gasteiger partial charge in [0.25, 0.3) is 5.91 Å². The smallest absolute Gasteiger partial charge is 0.341 e. The second-order valence-electron chi connectivity index (χ2n) is 7.07. The van der Waals surface area contributed by atoms with Gasteiger partial charge in [0.15, 0.2) is 11.2 Å². The lowest BCUT2D eigenvalue weighted by atomic mass is 10.1. The molecule has 0 atom stereocenters. The summed E-state index contributed by atoms with van der Waals surface area (Å²) in [7, 11) is 1.25. The second-order valence-corrected chi connectivity index (χ2v) is 8.09. The Hall–Kier alpha value is -3.70. The van der Waals surface area contributed by atoms with Gasteiger partial charge in [-0.05, 0) is 62.1 Å². The molecule has 3 aromatic rings. The van der Waals surface area contributed by atoms with E-state index >= 15 is 0 Å². The largest absolute Gasteiger partial charge is 0.465 e. The molecule has 2 aromatic heterocycles. The molecule has 1 amide bonds. The number of fused-ring (bicyclic) bond motifs is 1. The Kier molecular flexibility index (Phi) is 6.09. The molecule has 0 aliphatic heterocycles. The molecular weight excluding hydrogens is 416 g/mol. The van der Waals surface area contributed by atoms with E-state index in [0.717, 1.165) is 28.5 Å². The molecule has 0 bridgehead atoms. The molecule has 0 saturated carbocycles. The van der Waals surface area contributed by atoms with Gasteiger partial charge in [-0.15, -0.1) is 11.3 Å². The lowest BCUT2D eigenvalue weighted by Crippen LogP contribution is -2.16. The van der Waals surface area contributed by atoms with Crippen molar-refractivity contribution in [1.82, 2.24) is 0 Å². The van der Waals surface area contributed by atoms with E-state index < -0.39 is 11.9 Å². The van der Waals surface area contributed by atoms with Gasteiger partial charge in [-0.25, -0.2) is 4.79 Å². The number of nitrogens with one attached hydrogen (secondary N) is 1. The van der Waals surface area contributed by atoms with E-state index in [4.69, 9.17) is 14.4 Å². The fourth-order valence-electron chi connectivity index (χ4n) is 3.18. The number of nitrogens with zero attached hydrogens (tertiary/aromatic N) is 1. The van der Waals surface area contributed by atoms with Crippen molar-refractivity contribution in [3.8, 4) is 6.07 Å². The molecule has 0 aliphatic rings. The zero-order valence-electron chi connectivity index (χ0n) is 17.7. The molecule has 1 N–H and O–H groups in total. The van der Waals surface area contributed by atoms with Crippen LogP contribution in [0.4, 0.5) is 5.00 Å². The van der Waals surface area contributed by atoms with Crippen LogP contribution in [0, 0.1) is 32.1 Å². The summed E-state index contributed by atoms with van der Waals surface area (Å²) >= 11 is 1.14. The van der Waals surface area contributed by atoms with E-state index in [1.165, 1.54) is 13.2 Å². The number of hydrogen-bond acceptors (Lipinski definition) is 7. The zero-order valence-corrected chi connectivity index (χ0v) is 18.5. The van der Waals surface area contributed by atoms with Crippen LogP contribution in [0.5, 0.6) is 0 Å². The summed E-state index contributed by atoms with van der Waals surface area (Å²) in [5, 5.41) is 12.2. The molecular formula is C23H20N2O5S. The Bertz CT molecular complexity index is 1360. The topological polar surface area (TPSA) is 109 Å². The van der Waals surface area contributed by atoms with E-state index in [1.54, 1.807) is 26.0 Å².